The van der Waals surface area contributed by atoms with Crippen molar-refractivity contribution in [3.8, 4) is 0 Å². The van der Waals surface area contributed by atoms with Crippen LogP contribution < -0.4 is 0 Å². The number of nitrogens with zero attached hydrogens (tertiary/aromatic N) is 5. The maximum Gasteiger partial charge on any atom is 0.219 e. The van der Waals surface area contributed by atoms with Gasteiger partial charge in [0.2, 0.25) is 5.91 Å². The fourth-order valence-corrected chi connectivity index (χ4v) is 2.26. The molecule has 1 rings (SSSR count). The summed E-state index contributed by atoms with van der Waals surface area (Å²) in [6.07, 6.45) is 0. The standard InChI is InChI=1S/C13H27N5O/c1-12(19)18-10-8-17(9-11-18)7-6-14-13(15(2)3)16(4)5/h6-11H2,1-5H3. The Labute approximate surface area is 116 Å². The first-order valence-electron chi connectivity index (χ1n) is 6.78. The molecule has 0 aromatic heterocycles. The lowest BCUT2D eigenvalue weighted by Crippen LogP contribution is -2.48. The lowest BCUT2D eigenvalue weighted by Gasteiger charge is -2.34. The van der Waals surface area contributed by atoms with E-state index < -0.39 is 0 Å². The van der Waals surface area contributed by atoms with Crippen LogP contribution in [0.2, 0.25) is 0 Å². The van der Waals surface area contributed by atoms with E-state index in [4.69, 9.17) is 0 Å². The molecule has 0 saturated carbocycles. The lowest BCUT2D eigenvalue weighted by atomic mass is 10.3. The molecule has 19 heavy (non-hydrogen) atoms. The van der Waals surface area contributed by atoms with Crippen molar-refractivity contribution in [3.63, 3.8) is 0 Å². The highest BCUT2D eigenvalue weighted by atomic mass is 16.2. The molecular weight excluding hydrogens is 242 g/mol. The molecular formula is C13H27N5O. The Kier molecular flexibility index (Phi) is 6.08. The van der Waals surface area contributed by atoms with Gasteiger partial charge in [-0.3, -0.25) is 14.7 Å². The van der Waals surface area contributed by atoms with Crippen molar-refractivity contribution in [1.29, 1.82) is 0 Å². The Bertz CT molecular complexity index is 309. The van der Waals surface area contributed by atoms with Gasteiger partial charge in [-0.25, -0.2) is 0 Å². The van der Waals surface area contributed by atoms with Crippen molar-refractivity contribution in [2.75, 3.05) is 67.5 Å². The third-order valence-corrected chi connectivity index (χ3v) is 3.29. The minimum Gasteiger partial charge on any atom is -0.349 e. The largest absolute Gasteiger partial charge is 0.349 e. The fourth-order valence-electron chi connectivity index (χ4n) is 2.26. The van der Waals surface area contributed by atoms with Crippen LogP contribution in [0.1, 0.15) is 6.92 Å². The first kappa shape index (κ1) is 15.8. The summed E-state index contributed by atoms with van der Waals surface area (Å²) in [6.45, 7) is 6.98. The number of guanidine groups is 1. The van der Waals surface area contributed by atoms with Gasteiger partial charge in [-0.05, 0) is 0 Å². The highest BCUT2D eigenvalue weighted by molar-refractivity contribution is 5.79. The molecule has 0 radical (unpaired) electrons. The van der Waals surface area contributed by atoms with Gasteiger partial charge in [0.25, 0.3) is 0 Å². The summed E-state index contributed by atoms with van der Waals surface area (Å²) < 4.78 is 0. The molecule has 0 atom stereocenters. The minimum absolute atomic E-state index is 0.181. The third kappa shape index (κ3) is 5.06. The molecule has 0 aromatic carbocycles. The van der Waals surface area contributed by atoms with Crippen LogP contribution in [0.3, 0.4) is 0 Å². The second-order valence-corrected chi connectivity index (χ2v) is 5.32. The maximum absolute atomic E-state index is 11.2. The molecule has 1 heterocycles. The van der Waals surface area contributed by atoms with E-state index in [2.05, 4.69) is 9.89 Å². The molecule has 0 aliphatic carbocycles. The van der Waals surface area contributed by atoms with Crippen LogP contribution in [-0.2, 0) is 4.79 Å². The van der Waals surface area contributed by atoms with Crippen LogP contribution >= 0.6 is 0 Å². The summed E-state index contributed by atoms with van der Waals surface area (Å²) in [7, 11) is 8.02. The van der Waals surface area contributed by atoms with Crippen LogP contribution in [0, 0.1) is 0 Å². The first-order valence-corrected chi connectivity index (χ1v) is 6.78. The molecule has 1 aliphatic rings. The number of aliphatic imine (C=N–C) groups is 1. The predicted molar refractivity (Wildman–Crippen MR) is 78.4 cm³/mol. The van der Waals surface area contributed by atoms with E-state index >= 15 is 0 Å². The van der Waals surface area contributed by atoms with Gasteiger partial charge in [0, 0.05) is 67.8 Å². The summed E-state index contributed by atoms with van der Waals surface area (Å²) in [6, 6.07) is 0. The highest BCUT2D eigenvalue weighted by Gasteiger charge is 2.17. The predicted octanol–water partition coefficient (Wildman–Crippen LogP) is -0.370. The lowest BCUT2D eigenvalue weighted by molar-refractivity contribution is -0.130. The summed E-state index contributed by atoms with van der Waals surface area (Å²) in [5.74, 6) is 1.17. The number of amides is 1. The van der Waals surface area contributed by atoms with Crippen LogP contribution in [0.25, 0.3) is 0 Å². The molecule has 6 nitrogen and oxygen atoms in total. The normalized spacial score (nSPS) is 16.2. The van der Waals surface area contributed by atoms with Crippen LogP contribution in [-0.4, -0.2) is 98.9 Å². The van der Waals surface area contributed by atoms with Crippen LogP contribution in [0.5, 0.6) is 0 Å². The molecule has 1 saturated heterocycles. The van der Waals surface area contributed by atoms with Gasteiger partial charge < -0.3 is 14.7 Å². The number of rotatable bonds is 3. The summed E-state index contributed by atoms with van der Waals surface area (Å²) in [5.41, 5.74) is 0. The zero-order chi connectivity index (χ0) is 14.4. The average Bonchev–Trinajstić information content (AvgIpc) is 2.34. The highest BCUT2D eigenvalue weighted by Crippen LogP contribution is 2.01. The topological polar surface area (TPSA) is 42.4 Å². The van der Waals surface area contributed by atoms with E-state index in [0.717, 1.165) is 45.2 Å². The number of carbonyl (C=O) groups excluding carboxylic acids is 1. The monoisotopic (exact) mass is 269 g/mol. The van der Waals surface area contributed by atoms with Crippen molar-refractivity contribution in [1.82, 2.24) is 19.6 Å². The zero-order valence-corrected chi connectivity index (χ0v) is 12.9. The summed E-state index contributed by atoms with van der Waals surface area (Å²) >= 11 is 0. The van der Waals surface area contributed by atoms with Crippen molar-refractivity contribution in [2.24, 2.45) is 4.99 Å². The Morgan fingerprint density at radius 2 is 1.58 bits per heavy atom. The van der Waals surface area contributed by atoms with Crippen molar-refractivity contribution >= 4 is 11.9 Å². The maximum atomic E-state index is 11.2. The molecule has 110 valence electrons. The number of hydrogen-bond donors (Lipinski definition) is 0. The Hall–Kier alpha value is -1.30. The molecule has 1 fully saturated rings. The molecule has 0 unspecified atom stereocenters. The second kappa shape index (κ2) is 7.33. The minimum atomic E-state index is 0.181. The third-order valence-electron chi connectivity index (χ3n) is 3.29. The van der Waals surface area contributed by atoms with Crippen molar-refractivity contribution in [2.45, 2.75) is 6.92 Å². The van der Waals surface area contributed by atoms with E-state index in [0.29, 0.717) is 0 Å². The van der Waals surface area contributed by atoms with E-state index in [9.17, 15) is 4.79 Å². The van der Waals surface area contributed by atoms with Crippen LogP contribution in [0.15, 0.2) is 4.99 Å². The number of piperazine rings is 1. The van der Waals surface area contributed by atoms with Crippen LogP contribution in [0.4, 0.5) is 0 Å². The Morgan fingerprint density at radius 1 is 1.05 bits per heavy atom. The van der Waals surface area contributed by atoms with Gasteiger partial charge in [-0.1, -0.05) is 0 Å². The van der Waals surface area contributed by atoms with Crippen molar-refractivity contribution in [3.05, 3.63) is 0 Å². The molecule has 0 N–H and O–H groups in total. The SMILES string of the molecule is CC(=O)N1CCN(CCN=C(N(C)C)N(C)C)CC1. The van der Waals surface area contributed by atoms with Gasteiger partial charge in [0.1, 0.15) is 0 Å². The van der Waals surface area contributed by atoms with Crippen molar-refractivity contribution < 1.29 is 4.79 Å². The van der Waals surface area contributed by atoms with E-state index in [1.54, 1.807) is 6.92 Å². The molecule has 0 aromatic rings. The quantitative estimate of drug-likeness (QED) is 0.518. The first-order chi connectivity index (χ1) is 8.91. The number of carbonyl (C=O) groups is 1. The Morgan fingerprint density at radius 3 is 2.00 bits per heavy atom. The molecule has 1 amide bonds. The molecule has 0 bridgehead atoms. The zero-order valence-electron chi connectivity index (χ0n) is 12.9. The summed E-state index contributed by atoms with van der Waals surface area (Å²) in [5, 5.41) is 0. The van der Waals surface area contributed by atoms with E-state index in [-0.39, 0.29) is 5.91 Å². The fraction of sp³-hybridized carbons (Fsp3) is 0.846. The Balaban J connectivity index is 2.34. The van der Waals surface area contributed by atoms with Gasteiger partial charge in [0.15, 0.2) is 5.96 Å². The molecule has 1 aliphatic heterocycles. The van der Waals surface area contributed by atoms with Gasteiger partial charge >= 0.3 is 0 Å². The molecule has 0 spiro atoms. The second-order valence-electron chi connectivity index (χ2n) is 5.32. The van der Waals surface area contributed by atoms with Gasteiger partial charge in [0.05, 0.1) is 6.54 Å². The van der Waals surface area contributed by atoms with E-state index in [1.807, 2.05) is 42.9 Å². The smallest absolute Gasteiger partial charge is 0.219 e. The van der Waals surface area contributed by atoms with E-state index in [1.165, 1.54) is 0 Å². The number of hydrogen-bond acceptors (Lipinski definition) is 3. The molecule has 6 heteroatoms. The average molecular weight is 269 g/mol. The summed E-state index contributed by atoms with van der Waals surface area (Å²) in [4.78, 5) is 24.2. The van der Waals surface area contributed by atoms with Gasteiger partial charge in [-0.15, -0.1) is 0 Å². The van der Waals surface area contributed by atoms with Gasteiger partial charge in [-0.2, -0.15) is 0 Å².